The fourth-order valence-corrected chi connectivity index (χ4v) is 17.7. The molecule has 604 valence electrons. The largest absolute Gasteiger partial charge is 0.394 e. The molecule has 5 aliphatic heterocycles. The average molecular weight is 1680 g/mol. The van der Waals surface area contributed by atoms with E-state index in [1.54, 1.807) is 0 Å². The lowest BCUT2D eigenvalue weighted by molar-refractivity contribution is -0.205. The highest BCUT2D eigenvalue weighted by Gasteiger charge is 2.50. The second-order valence-corrected chi connectivity index (χ2v) is 30.2. The molecule has 4 saturated heterocycles. The van der Waals surface area contributed by atoms with Gasteiger partial charge in [0.05, 0.1) is 68.3 Å². The number of aliphatic hydroxyl groups is 16. The van der Waals surface area contributed by atoms with E-state index >= 15 is 70.2 Å². The molecule has 8 aromatic rings. The maximum absolute atomic E-state index is 17.6. The molecule has 4 fully saturated rings. The Hall–Kier alpha value is -7.04. The van der Waals surface area contributed by atoms with Crippen molar-refractivity contribution in [2.24, 2.45) is 0 Å². The van der Waals surface area contributed by atoms with Crippen molar-refractivity contribution < 1.29 is 171 Å². The average Bonchev–Trinajstić information content (AvgIpc) is 1.35. The van der Waals surface area contributed by atoms with Gasteiger partial charge < -0.3 is 121 Å². The van der Waals surface area contributed by atoms with Gasteiger partial charge in [-0.1, -0.05) is 47.0 Å². The van der Waals surface area contributed by atoms with Crippen LogP contribution in [0.1, 0.15) is 45.0 Å². The minimum atomic E-state index is -2.46. The topological polar surface area (TPSA) is 424 Å². The molecule has 44 heteroatoms. The summed E-state index contributed by atoms with van der Waals surface area (Å²) in [6, 6.07) is 5.22. The summed E-state index contributed by atoms with van der Waals surface area (Å²) in [7, 11) is 0. The number of aromatic amines is 4. The van der Waals surface area contributed by atoms with Crippen LogP contribution in [0.15, 0.2) is 68.1 Å². The SMILES string of the molecule is OCC1O[C@@H](Sc2c(F)c(F)c(C3=c4ccc([nH]4)=C(c4c(F)c(F)c(S[C@@H]5OC(CO)[C@@H](O)[C@H](O)C5O)c(F)c4F)c4ccc([nH]4)C(c4c(F)c(F)c(S[C@@H]5OC(CO)[C@@H](O)[C@H](O)C5O)c(F)c4F)=c4ccc([nH]4)=C(c4c(F)c(F)c(S[C@H]5OC(CO)[C@H](O)[C@@H](O)C5O)c(F)c4F)c4ccc3[nH]4)c(F)c2F)C(O)[C@@H](O)C1O. The Bertz CT molecular complexity index is 4550. The first kappa shape index (κ1) is 82.9. The van der Waals surface area contributed by atoms with Gasteiger partial charge in [-0.05, 0) is 48.5 Å². The van der Waals surface area contributed by atoms with Crippen LogP contribution in [0.5, 0.6) is 0 Å². The van der Waals surface area contributed by atoms with Crippen molar-refractivity contribution in [3.05, 3.63) is 208 Å². The van der Waals surface area contributed by atoms with E-state index in [9.17, 15) is 81.7 Å². The molecule has 5 aliphatic rings. The Morgan fingerprint density at radius 1 is 0.232 bits per heavy atom. The molecule has 0 aliphatic carbocycles. The summed E-state index contributed by atoms with van der Waals surface area (Å²) in [5.74, 6) is -38.9. The van der Waals surface area contributed by atoms with Gasteiger partial charge in [-0.2, -0.15) is 0 Å². The van der Waals surface area contributed by atoms with Crippen molar-refractivity contribution in [3.63, 3.8) is 0 Å². The highest BCUT2D eigenvalue weighted by Crippen LogP contribution is 2.47. The van der Waals surface area contributed by atoms with E-state index < -0.39 is 347 Å². The number of H-pyrrole nitrogens is 4. The van der Waals surface area contributed by atoms with E-state index in [2.05, 4.69) is 19.9 Å². The third-order valence-corrected chi connectivity index (χ3v) is 24.0. The third-order valence-electron chi connectivity index (χ3n) is 19.1. The molecule has 20 N–H and O–H groups in total. The van der Waals surface area contributed by atoms with Crippen LogP contribution in [0.4, 0.5) is 70.2 Å². The van der Waals surface area contributed by atoms with Crippen molar-refractivity contribution in [3.8, 4) is 0 Å². The third kappa shape index (κ3) is 14.0. The molecule has 0 radical (unpaired) electrons. The Morgan fingerprint density at radius 2 is 0.402 bits per heavy atom. The van der Waals surface area contributed by atoms with Gasteiger partial charge in [-0.25, -0.2) is 70.2 Å². The molecule has 0 amide bonds. The standard InChI is InChI=1S/C68H56F16N4O20S4/c69-33-29(34(70)42(78)61(41(33)77)109-65-57(101)53(97)49(93)21(9-89)105-65)25-13-1-2-14(85-13)26(30-35(71)43(79)62(44(80)36(30)72)110-66-58(102)54(98)50(94)22(10-90)106-66)16-5-6-18(87-16)28(32-39(75)47(83)64(48(84)40(32)76)112-68-60(104)56(100)52(96)24(12-92)108-68)20-8-7-19(88-20)27(17-4-3-15(25)86-17)31-37(73)45(81)63(46(82)38(31)74)111-67-59(103)55(99)51(95)23(11-91)107-67/h1-8,21-24,49-60,65-68,85-104H,9-12H2/t21?,22?,23?,24?,49-,50-,51+,52?,53+,54+,55-,56+,57?,58?,59?,60?,65+,66+,67-,68+/m1/s1. The lowest BCUT2D eigenvalue weighted by Gasteiger charge is -2.39. The van der Waals surface area contributed by atoms with E-state index in [0.29, 0.717) is 48.5 Å². The number of aromatic nitrogens is 4. The van der Waals surface area contributed by atoms with Gasteiger partial charge in [0.25, 0.3) is 0 Å². The van der Waals surface area contributed by atoms with E-state index in [1.165, 1.54) is 0 Å². The minimum absolute atomic E-state index is 0.360. The normalized spacial score (nSPS) is 29.1. The molecule has 0 saturated carbocycles. The second-order valence-electron chi connectivity index (χ2n) is 25.7. The van der Waals surface area contributed by atoms with E-state index in [0.717, 1.165) is 0 Å². The van der Waals surface area contributed by atoms with Crippen LogP contribution < -0.4 is 21.4 Å². The fraction of sp³-hybridized carbons (Fsp3) is 0.353. The number of benzene rings is 4. The molecule has 13 rings (SSSR count). The smallest absolute Gasteiger partial charge is 0.176 e. The van der Waals surface area contributed by atoms with Crippen LogP contribution in [0, 0.1) is 93.1 Å². The first-order valence-corrected chi connectivity index (χ1v) is 36.2. The molecular formula is C68H56F16N4O20S4. The van der Waals surface area contributed by atoms with E-state index in [1.807, 2.05) is 0 Å². The highest BCUT2D eigenvalue weighted by molar-refractivity contribution is 8.00. The first-order chi connectivity index (χ1) is 53.0. The molecule has 8 bridgehead atoms. The monoisotopic (exact) mass is 1680 g/mol. The predicted octanol–water partition coefficient (Wildman–Crippen LogP) is 0.0952. The highest BCUT2D eigenvalue weighted by atomic mass is 32.2. The first-order valence-electron chi connectivity index (χ1n) is 32.6. The zero-order chi connectivity index (χ0) is 81.3. The summed E-state index contributed by atoms with van der Waals surface area (Å²) < 4.78 is 298. The summed E-state index contributed by atoms with van der Waals surface area (Å²) in [6.07, 6.45) is -34.0. The number of thioether (sulfide) groups is 4. The molecular weight excluding hydrogens is 1620 g/mol. The lowest BCUT2D eigenvalue weighted by Crippen LogP contribution is -2.57. The molecule has 24 nitrogen and oxygen atoms in total. The molecule has 20 atom stereocenters. The van der Waals surface area contributed by atoms with Crippen molar-refractivity contribution in [1.29, 1.82) is 0 Å². The summed E-state index contributed by atoms with van der Waals surface area (Å²) in [5, 5.41) is 162. The van der Waals surface area contributed by atoms with Gasteiger partial charge in [0, 0.05) is 66.5 Å². The van der Waals surface area contributed by atoms with Crippen LogP contribution in [0.2, 0.25) is 0 Å². The number of hydrogen-bond acceptors (Lipinski definition) is 24. The predicted molar refractivity (Wildman–Crippen MR) is 352 cm³/mol. The summed E-state index contributed by atoms with van der Waals surface area (Å²) in [4.78, 5) is 2.81. The van der Waals surface area contributed by atoms with Crippen molar-refractivity contribution in [2.75, 3.05) is 26.4 Å². The van der Waals surface area contributed by atoms with Crippen LogP contribution in [0.3, 0.4) is 0 Å². The zero-order valence-electron chi connectivity index (χ0n) is 55.5. The number of fused-ring (bicyclic) bond motifs is 8. The van der Waals surface area contributed by atoms with Crippen LogP contribution in [0.25, 0.3) is 22.3 Å². The zero-order valence-corrected chi connectivity index (χ0v) is 58.7. The van der Waals surface area contributed by atoms with Crippen molar-refractivity contribution in [2.45, 2.75) is 139 Å². The van der Waals surface area contributed by atoms with Gasteiger partial charge >= 0.3 is 0 Å². The van der Waals surface area contributed by atoms with E-state index in [-0.39, 0.29) is 47.0 Å². The number of aliphatic hydroxyl groups excluding tert-OH is 16. The van der Waals surface area contributed by atoms with Gasteiger partial charge in [0.1, 0.15) is 119 Å². The molecule has 0 spiro atoms. The Labute approximate surface area is 630 Å². The minimum Gasteiger partial charge on any atom is -0.394 e. The maximum Gasteiger partial charge on any atom is 0.176 e. The number of halogens is 16. The molecule has 9 heterocycles. The van der Waals surface area contributed by atoms with E-state index in [4.69, 9.17) is 18.9 Å². The van der Waals surface area contributed by atoms with Gasteiger partial charge in [-0.15, -0.1) is 0 Å². The van der Waals surface area contributed by atoms with Crippen LogP contribution in [-0.2, 0) is 18.9 Å². The number of ether oxygens (including phenoxy) is 4. The number of hydrogen-bond donors (Lipinski definition) is 20. The summed E-state index contributed by atoms with van der Waals surface area (Å²) >= 11 is -1.44. The number of rotatable bonds is 16. The van der Waals surface area contributed by atoms with Gasteiger partial charge in [0.15, 0.2) is 93.1 Å². The summed E-state index contributed by atoms with van der Waals surface area (Å²) in [5.41, 5.74) is -25.3. The quantitative estimate of drug-likeness (QED) is 0.0450. The van der Waals surface area contributed by atoms with Gasteiger partial charge in [0.2, 0.25) is 0 Å². The Kier molecular flexibility index (Phi) is 23.9. The maximum atomic E-state index is 17.6. The van der Waals surface area contributed by atoms with Crippen molar-refractivity contribution >= 4 is 69.3 Å². The Balaban J connectivity index is 1.11. The van der Waals surface area contributed by atoms with Gasteiger partial charge in [-0.3, -0.25) is 0 Å². The molecule has 9 unspecified atom stereocenters. The molecule has 4 aromatic carbocycles. The molecule has 4 aromatic heterocycles. The van der Waals surface area contributed by atoms with Crippen molar-refractivity contribution in [1.82, 2.24) is 19.9 Å². The van der Waals surface area contributed by atoms with Crippen LogP contribution >= 0.6 is 47.0 Å². The second kappa shape index (κ2) is 32.2. The number of nitrogens with one attached hydrogen (secondary N) is 4. The molecule has 112 heavy (non-hydrogen) atoms. The fourth-order valence-electron chi connectivity index (χ4n) is 13.3. The van der Waals surface area contributed by atoms with Crippen LogP contribution in [-0.4, -0.2) is 247 Å². The summed E-state index contributed by atoms with van der Waals surface area (Å²) in [6.45, 7) is -4.53. The Morgan fingerprint density at radius 3 is 0.562 bits per heavy atom. The lowest BCUT2D eigenvalue weighted by atomic mass is 10.00.